The number of carbonyl (C=O) groups excluding carboxylic acids is 2. The Morgan fingerprint density at radius 2 is 1.67 bits per heavy atom. The molecule has 0 radical (unpaired) electrons. The third-order valence-electron chi connectivity index (χ3n) is 6.45. The number of hydrogen-bond donors (Lipinski definition) is 0. The molecule has 0 saturated carbocycles. The van der Waals surface area contributed by atoms with E-state index in [2.05, 4.69) is 24.8 Å². The van der Waals surface area contributed by atoms with E-state index < -0.39 is 0 Å². The highest BCUT2D eigenvalue weighted by atomic mass is 16.2. The molecule has 5 heteroatoms. The van der Waals surface area contributed by atoms with Crippen molar-refractivity contribution in [1.82, 2.24) is 9.80 Å². The lowest BCUT2D eigenvalue weighted by atomic mass is 9.96. The standard InChI is InChI=1S/C25H31N3O2/c1-4-10-26-11-13-27(14-12-26)24(29)17-23-21-15-18(2)19(3)16-22(21)25(30)28(23)20-8-6-5-7-9-20/h5-9,15-16,23H,4,10-14,17H2,1-3H3. The van der Waals surface area contributed by atoms with E-state index in [1.165, 1.54) is 0 Å². The first-order chi connectivity index (χ1) is 14.5. The molecule has 2 aromatic rings. The fourth-order valence-corrected chi connectivity index (χ4v) is 4.63. The van der Waals surface area contributed by atoms with Crippen molar-refractivity contribution in [3.05, 3.63) is 64.7 Å². The molecule has 30 heavy (non-hydrogen) atoms. The molecule has 0 aliphatic carbocycles. The lowest BCUT2D eigenvalue weighted by Gasteiger charge is -2.35. The predicted octanol–water partition coefficient (Wildman–Crippen LogP) is 3.95. The van der Waals surface area contributed by atoms with Crippen LogP contribution in [0.3, 0.4) is 0 Å². The van der Waals surface area contributed by atoms with Gasteiger partial charge in [-0.3, -0.25) is 14.5 Å². The number of aryl methyl sites for hydroxylation is 2. The van der Waals surface area contributed by atoms with Gasteiger partial charge in [-0.25, -0.2) is 0 Å². The van der Waals surface area contributed by atoms with Crippen LogP contribution in [-0.2, 0) is 4.79 Å². The van der Waals surface area contributed by atoms with E-state index in [4.69, 9.17) is 0 Å². The number of benzene rings is 2. The Labute approximate surface area is 179 Å². The van der Waals surface area contributed by atoms with Crippen LogP contribution in [0.4, 0.5) is 5.69 Å². The number of hydrogen-bond acceptors (Lipinski definition) is 3. The third-order valence-corrected chi connectivity index (χ3v) is 6.45. The number of carbonyl (C=O) groups is 2. The van der Waals surface area contributed by atoms with Crippen molar-refractivity contribution < 1.29 is 9.59 Å². The van der Waals surface area contributed by atoms with Gasteiger partial charge in [0.25, 0.3) is 5.91 Å². The van der Waals surface area contributed by atoms with Crippen LogP contribution >= 0.6 is 0 Å². The van der Waals surface area contributed by atoms with Crippen molar-refractivity contribution in [1.29, 1.82) is 0 Å². The van der Waals surface area contributed by atoms with Gasteiger partial charge in [-0.2, -0.15) is 0 Å². The van der Waals surface area contributed by atoms with Gasteiger partial charge in [-0.15, -0.1) is 0 Å². The van der Waals surface area contributed by atoms with Crippen LogP contribution in [0.2, 0.25) is 0 Å². The lowest BCUT2D eigenvalue weighted by Crippen LogP contribution is -2.49. The largest absolute Gasteiger partial charge is 0.340 e. The van der Waals surface area contributed by atoms with Crippen molar-refractivity contribution in [3.63, 3.8) is 0 Å². The van der Waals surface area contributed by atoms with E-state index in [0.29, 0.717) is 6.42 Å². The van der Waals surface area contributed by atoms with Gasteiger partial charge in [0.05, 0.1) is 12.5 Å². The van der Waals surface area contributed by atoms with Gasteiger partial charge in [0.15, 0.2) is 0 Å². The highest BCUT2D eigenvalue weighted by Gasteiger charge is 2.40. The number of para-hydroxylation sites is 1. The summed E-state index contributed by atoms with van der Waals surface area (Å²) in [6.45, 7) is 10.8. The third kappa shape index (κ3) is 3.86. The zero-order valence-electron chi connectivity index (χ0n) is 18.2. The Bertz CT molecular complexity index is 933. The van der Waals surface area contributed by atoms with Crippen molar-refractivity contribution in [2.75, 3.05) is 37.6 Å². The first-order valence-electron chi connectivity index (χ1n) is 11.0. The van der Waals surface area contributed by atoms with Crippen molar-refractivity contribution >= 4 is 17.5 Å². The number of fused-ring (bicyclic) bond motifs is 1. The normalized spacial score (nSPS) is 19.3. The van der Waals surface area contributed by atoms with Crippen LogP contribution in [0.5, 0.6) is 0 Å². The molecule has 0 bridgehead atoms. The first kappa shape index (κ1) is 20.6. The maximum absolute atomic E-state index is 13.3. The summed E-state index contributed by atoms with van der Waals surface area (Å²) in [6.07, 6.45) is 1.46. The molecule has 2 aliphatic rings. The average Bonchev–Trinajstić information content (AvgIpc) is 3.00. The van der Waals surface area contributed by atoms with Crippen LogP contribution in [0.1, 0.15) is 52.9 Å². The second kappa shape index (κ2) is 8.60. The monoisotopic (exact) mass is 405 g/mol. The van der Waals surface area contributed by atoms with Gasteiger partial charge in [-0.1, -0.05) is 31.2 Å². The molecule has 1 saturated heterocycles. The molecule has 2 amide bonds. The lowest BCUT2D eigenvalue weighted by molar-refractivity contribution is -0.133. The van der Waals surface area contributed by atoms with Gasteiger partial charge < -0.3 is 9.80 Å². The molecule has 2 heterocycles. The molecule has 2 aliphatic heterocycles. The Morgan fingerprint density at radius 3 is 2.33 bits per heavy atom. The highest BCUT2D eigenvalue weighted by molar-refractivity contribution is 6.11. The van der Waals surface area contributed by atoms with Crippen molar-refractivity contribution in [2.45, 2.75) is 39.7 Å². The molecule has 158 valence electrons. The minimum Gasteiger partial charge on any atom is -0.340 e. The molecular formula is C25H31N3O2. The molecule has 4 rings (SSSR count). The zero-order valence-corrected chi connectivity index (χ0v) is 18.2. The maximum Gasteiger partial charge on any atom is 0.259 e. The smallest absolute Gasteiger partial charge is 0.259 e. The molecule has 5 nitrogen and oxygen atoms in total. The Balaban J connectivity index is 1.60. The summed E-state index contributed by atoms with van der Waals surface area (Å²) >= 11 is 0. The summed E-state index contributed by atoms with van der Waals surface area (Å²) in [7, 11) is 0. The Kier molecular flexibility index (Phi) is 5.91. The Morgan fingerprint density at radius 1 is 1.00 bits per heavy atom. The van der Waals surface area contributed by atoms with E-state index >= 15 is 0 Å². The fraction of sp³-hybridized carbons (Fsp3) is 0.440. The summed E-state index contributed by atoms with van der Waals surface area (Å²) in [4.78, 5) is 32.8. The van der Waals surface area contributed by atoms with E-state index in [1.54, 1.807) is 0 Å². The second-order valence-electron chi connectivity index (χ2n) is 8.48. The summed E-state index contributed by atoms with van der Waals surface area (Å²) in [6, 6.07) is 13.5. The molecule has 1 atom stereocenters. The fourth-order valence-electron chi connectivity index (χ4n) is 4.63. The van der Waals surface area contributed by atoms with E-state index in [0.717, 1.165) is 67.1 Å². The maximum atomic E-state index is 13.3. The van der Waals surface area contributed by atoms with E-state index in [1.807, 2.05) is 53.1 Å². The summed E-state index contributed by atoms with van der Waals surface area (Å²) in [5.74, 6) is 0.126. The molecule has 1 unspecified atom stereocenters. The molecule has 2 aromatic carbocycles. The SMILES string of the molecule is CCCN1CCN(C(=O)CC2c3cc(C)c(C)cc3C(=O)N2c2ccccc2)CC1. The summed E-state index contributed by atoms with van der Waals surface area (Å²) < 4.78 is 0. The minimum absolute atomic E-state index is 0.00938. The first-order valence-corrected chi connectivity index (χ1v) is 11.0. The second-order valence-corrected chi connectivity index (χ2v) is 8.48. The molecule has 1 fully saturated rings. The number of rotatable bonds is 5. The van der Waals surface area contributed by atoms with E-state index in [9.17, 15) is 9.59 Å². The van der Waals surface area contributed by atoms with Gasteiger partial charge in [0, 0.05) is 37.4 Å². The average molecular weight is 406 g/mol. The molecule has 0 spiro atoms. The molecule has 0 aromatic heterocycles. The zero-order chi connectivity index (χ0) is 21.3. The van der Waals surface area contributed by atoms with E-state index in [-0.39, 0.29) is 17.9 Å². The van der Waals surface area contributed by atoms with Crippen LogP contribution in [0.15, 0.2) is 42.5 Å². The quantitative estimate of drug-likeness (QED) is 0.757. The highest BCUT2D eigenvalue weighted by Crippen LogP contribution is 2.40. The number of nitrogens with zero attached hydrogens (tertiary/aromatic N) is 3. The van der Waals surface area contributed by atoms with Gasteiger partial charge >= 0.3 is 0 Å². The molecule has 0 N–H and O–H groups in total. The van der Waals surface area contributed by atoms with Gasteiger partial charge in [0.1, 0.15) is 0 Å². The number of amides is 2. The predicted molar refractivity (Wildman–Crippen MR) is 120 cm³/mol. The van der Waals surface area contributed by atoms with Crippen LogP contribution < -0.4 is 4.90 Å². The van der Waals surface area contributed by atoms with Gasteiger partial charge in [0.2, 0.25) is 5.91 Å². The van der Waals surface area contributed by atoms with Gasteiger partial charge in [-0.05, 0) is 61.7 Å². The van der Waals surface area contributed by atoms with Crippen LogP contribution in [0, 0.1) is 13.8 Å². The number of anilines is 1. The molecular weight excluding hydrogens is 374 g/mol. The van der Waals surface area contributed by atoms with Crippen molar-refractivity contribution in [3.8, 4) is 0 Å². The van der Waals surface area contributed by atoms with Crippen molar-refractivity contribution in [2.24, 2.45) is 0 Å². The minimum atomic E-state index is -0.254. The topological polar surface area (TPSA) is 43.9 Å². The number of piperazine rings is 1. The van der Waals surface area contributed by atoms with Crippen LogP contribution in [0.25, 0.3) is 0 Å². The Hall–Kier alpha value is -2.66. The van der Waals surface area contributed by atoms with Crippen LogP contribution in [-0.4, -0.2) is 54.3 Å². The summed E-state index contributed by atoms with van der Waals surface area (Å²) in [5, 5.41) is 0. The summed E-state index contributed by atoms with van der Waals surface area (Å²) in [5.41, 5.74) is 4.81.